The number of hydrogen-bond donors (Lipinski definition) is 3. The number of hydrogen-bond acceptors (Lipinski definition) is 4. The van der Waals surface area contributed by atoms with E-state index in [-0.39, 0.29) is 17.9 Å². The number of rotatable bonds is 12. The van der Waals surface area contributed by atoms with Crippen molar-refractivity contribution in [2.75, 3.05) is 7.11 Å². The third-order valence-corrected chi connectivity index (χ3v) is 5.31. The molecule has 0 radical (unpaired) electrons. The number of methoxy groups -OCH3 is 1. The SMILES string of the molecule is CO[C@@H](Cc1ccccc1)[C@@H](C)C=C(C)C=CC(NC(C)=O)[C@H](C)C(=O)N[C@H](C)C(=O)O. The van der Waals surface area contributed by atoms with Crippen LogP contribution in [0, 0.1) is 11.8 Å². The second-order valence-corrected chi connectivity index (χ2v) is 8.18. The highest BCUT2D eigenvalue weighted by molar-refractivity contribution is 5.85. The van der Waals surface area contributed by atoms with Gasteiger partial charge in [-0.3, -0.25) is 14.4 Å². The number of aliphatic carboxylic acids is 1. The fourth-order valence-electron chi connectivity index (χ4n) is 3.31. The molecule has 3 N–H and O–H groups in total. The second kappa shape index (κ2) is 13.5. The van der Waals surface area contributed by atoms with Gasteiger partial charge in [0, 0.05) is 20.0 Å². The largest absolute Gasteiger partial charge is 0.480 e. The first-order valence-corrected chi connectivity index (χ1v) is 10.8. The monoisotopic (exact) mass is 444 g/mol. The third-order valence-electron chi connectivity index (χ3n) is 5.31. The number of nitrogens with one attached hydrogen (secondary N) is 2. The molecule has 32 heavy (non-hydrogen) atoms. The van der Waals surface area contributed by atoms with Crippen molar-refractivity contribution in [3.05, 3.63) is 59.7 Å². The number of carbonyl (C=O) groups excluding carboxylic acids is 2. The first-order valence-electron chi connectivity index (χ1n) is 10.8. The molecule has 0 heterocycles. The fraction of sp³-hybridized carbons (Fsp3) is 0.480. The van der Waals surface area contributed by atoms with Crippen molar-refractivity contribution < 1.29 is 24.2 Å². The van der Waals surface area contributed by atoms with E-state index in [0.717, 1.165) is 12.0 Å². The van der Waals surface area contributed by atoms with E-state index in [9.17, 15) is 14.4 Å². The summed E-state index contributed by atoms with van der Waals surface area (Å²) in [4.78, 5) is 35.0. The average molecular weight is 445 g/mol. The summed E-state index contributed by atoms with van der Waals surface area (Å²) >= 11 is 0. The van der Waals surface area contributed by atoms with E-state index in [1.807, 2.05) is 31.2 Å². The Hall–Kier alpha value is -2.93. The van der Waals surface area contributed by atoms with Gasteiger partial charge in [0.2, 0.25) is 11.8 Å². The zero-order valence-corrected chi connectivity index (χ0v) is 19.8. The van der Waals surface area contributed by atoms with Gasteiger partial charge in [-0.25, -0.2) is 0 Å². The van der Waals surface area contributed by atoms with Crippen molar-refractivity contribution in [3.63, 3.8) is 0 Å². The molecule has 5 atom stereocenters. The van der Waals surface area contributed by atoms with Crippen LogP contribution in [0.4, 0.5) is 0 Å². The van der Waals surface area contributed by atoms with Gasteiger partial charge in [-0.1, -0.05) is 68.0 Å². The van der Waals surface area contributed by atoms with Gasteiger partial charge in [0.15, 0.2) is 0 Å². The van der Waals surface area contributed by atoms with Gasteiger partial charge >= 0.3 is 5.97 Å². The van der Waals surface area contributed by atoms with Crippen LogP contribution in [0.1, 0.15) is 40.2 Å². The summed E-state index contributed by atoms with van der Waals surface area (Å²) in [5.74, 6) is -2.34. The van der Waals surface area contributed by atoms with E-state index in [4.69, 9.17) is 9.84 Å². The lowest BCUT2D eigenvalue weighted by molar-refractivity contribution is -0.142. The predicted octanol–water partition coefficient (Wildman–Crippen LogP) is 3.11. The van der Waals surface area contributed by atoms with Gasteiger partial charge in [-0.15, -0.1) is 0 Å². The molecular formula is C25H36N2O5. The van der Waals surface area contributed by atoms with Crippen molar-refractivity contribution in [1.82, 2.24) is 10.6 Å². The van der Waals surface area contributed by atoms with Crippen molar-refractivity contribution in [3.8, 4) is 0 Å². The number of benzene rings is 1. The molecule has 0 bridgehead atoms. The Morgan fingerprint density at radius 2 is 1.69 bits per heavy atom. The molecule has 0 aliphatic carbocycles. The quantitative estimate of drug-likeness (QED) is 0.430. The van der Waals surface area contributed by atoms with E-state index in [1.54, 1.807) is 20.1 Å². The summed E-state index contributed by atoms with van der Waals surface area (Å²) < 4.78 is 5.69. The smallest absolute Gasteiger partial charge is 0.325 e. The first-order chi connectivity index (χ1) is 15.0. The molecular weight excluding hydrogens is 408 g/mol. The van der Waals surface area contributed by atoms with Crippen molar-refractivity contribution in [2.24, 2.45) is 11.8 Å². The molecule has 0 fully saturated rings. The molecule has 7 nitrogen and oxygen atoms in total. The molecule has 7 heteroatoms. The van der Waals surface area contributed by atoms with Crippen molar-refractivity contribution in [1.29, 1.82) is 0 Å². The number of carboxylic acid groups (broad SMARTS) is 1. The number of carbonyl (C=O) groups is 3. The Morgan fingerprint density at radius 1 is 1.06 bits per heavy atom. The molecule has 0 aliphatic heterocycles. The summed E-state index contributed by atoms with van der Waals surface area (Å²) in [5.41, 5.74) is 2.17. The van der Waals surface area contributed by atoms with Crippen LogP contribution in [0.3, 0.4) is 0 Å². The van der Waals surface area contributed by atoms with Crippen LogP contribution < -0.4 is 10.6 Å². The number of allylic oxidation sites excluding steroid dienone is 2. The highest BCUT2D eigenvalue weighted by Crippen LogP contribution is 2.17. The van der Waals surface area contributed by atoms with Gasteiger partial charge in [-0.05, 0) is 25.8 Å². The van der Waals surface area contributed by atoms with Gasteiger partial charge in [0.1, 0.15) is 6.04 Å². The molecule has 0 saturated heterocycles. The number of ether oxygens (including phenoxy) is 1. The third kappa shape index (κ3) is 9.47. The Bertz CT molecular complexity index is 819. The Balaban J connectivity index is 2.89. The molecule has 1 aromatic rings. The number of carboxylic acids is 1. The van der Waals surface area contributed by atoms with Crippen LogP contribution in [0.5, 0.6) is 0 Å². The Morgan fingerprint density at radius 3 is 2.22 bits per heavy atom. The average Bonchev–Trinajstić information content (AvgIpc) is 2.74. The van der Waals surface area contributed by atoms with Crippen LogP contribution in [-0.4, -0.2) is 48.2 Å². The van der Waals surface area contributed by atoms with Crippen LogP contribution >= 0.6 is 0 Å². The van der Waals surface area contributed by atoms with Gasteiger partial charge in [0.05, 0.1) is 18.1 Å². The molecule has 1 aromatic carbocycles. The molecule has 0 spiro atoms. The number of amides is 2. The lowest BCUT2D eigenvalue weighted by Crippen LogP contribution is -2.47. The van der Waals surface area contributed by atoms with Crippen LogP contribution in [0.25, 0.3) is 0 Å². The summed E-state index contributed by atoms with van der Waals surface area (Å²) in [6.07, 6.45) is 6.51. The maximum absolute atomic E-state index is 12.4. The van der Waals surface area contributed by atoms with E-state index >= 15 is 0 Å². The summed E-state index contributed by atoms with van der Waals surface area (Å²) in [7, 11) is 1.70. The molecule has 0 saturated carbocycles. The topological polar surface area (TPSA) is 105 Å². The molecule has 1 rings (SSSR count). The normalized spacial score (nSPS) is 16.6. The second-order valence-electron chi connectivity index (χ2n) is 8.18. The minimum atomic E-state index is -1.12. The van der Waals surface area contributed by atoms with E-state index < -0.39 is 29.9 Å². The minimum absolute atomic E-state index is 0.00843. The van der Waals surface area contributed by atoms with E-state index in [0.29, 0.717) is 0 Å². The van der Waals surface area contributed by atoms with Crippen LogP contribution in [-0.2, 0) is 25.5 Å². The Kier molecular flexibility index (Phi) is 11.4. The van der Waals surface area contributed by atoms with Crippen molar-refractivity contribution in [2.45, 2.75) is 59.2 Å². The zero-order chi connectivity index (χ0) is 24.3. The molecule has 0 aliphatic rings. The highest BCUT2D eigenvalue weighted by Gasteiger charge is 2.25. The molecule has 0 aromatic heterocycles. The minimum Gasteiger partial charge on any atom is -0.480 e. The predicted molar refractivity (Wildman–Crippen MR) is 125 cm³/mol. The maximum Gasteiger partial charge on any atom is 0.325 e. The summed E-state index contributed by atoms with van der Waals surface area (Å²) in [6, 6.07) is 8.56. The van der Waals surface area contributed by atoms with Crippen molar-refractivity contribution >= 4 is 17.8 Å². The molecule has 2 amide bonds. The first kappa shape index (κ1) is 27.1. The standard InChI is InChI=1S/C25H36N2O5/c1-16(14-17(2)23(32-6)15-21-10-8-7-9-11-21)12-13-22(27-20(5)28)18(3)24(29)26-19(4)25(30)31/h7-14,17-19,22-23H,15H2,1-6H3,(H,26,29)(H,27,28)(H,30,31)/t17-,18-,19+,22?,23-/m0/s1. The Labute approximate surface area is 190 Å². The molecule has 1 unspecified atom stereocenters. The summed E-state index contributed by atoms with van der Waals surface area (Å²) in [5, 5.41) is 14.2. The van der Waals surface area contributed by atoms with Gasteiger partial charge in [-0.2, -0.15) is 0 Å². The maximum atomic E-state index is 12.4. The summed E-state index contributed by atoms with van der Waals surface area (Å²) in [6.45, 7) is 8.46. The fourth-order valence-corrected chi connectivity index (χ4v) is 3.31. The lowest BCUT2D eigenvalue weighted by Gasteiger charge is -2.23. The van der Waals surface area contributed by atoms with Crippen LogP contribution in [0.15, 0.2) is 54.1 Å². The van der Waals surface area contributed by atoms with E-state index in [1.165, 1.54) is 19.4 Å². The van der Waals surface area contributed by atoms with Crippen LogP contribution in [0.2, 0.25) is 0 Å². The zero-order valence-electron chi connectivity index (χ0n) is 19.8. The van der Waals surface area contributed by atoms with E-state index in [2.05, 4.69) is 35.8 Å². The van der Waals surface area contributed by atoms with Gasteiger partial charge in [0.25, 0.3) is 0 Å². The lowest BCUT2D eigenvalue weighted by atomic mass is 9.94. The van der Waals surface area contributed by atoms with Gasteiger partial charge < -0.3 is 20.5 Å². The highest BCUT2D eigenvalue weighted by atomic mass is 16.5. The molecule has 176 valence electrons.